The fourth-order valence-electron chi connectivity index (χ4n) is 1.56. The van der Waals surface area contributed by atoms with Gasteiger partial charge in [-0.1, -0.05) is 29.3 Å². The molecule has 0 aromatic heterocycles. The van der Waals surface area contributed by atoms with Crippen LogP contribution in [-0.2, 0) is 10.0 Å². The van der Waals surface area contributed by atoms with Gasteiger partial charge < -0.3 is 0 Å². The van der Waals surface area contributed by atoms with Crippen molar-refractivity contribution in [2.75, 3.05) is 0 Å². The lowest BCUT2D eigenvalue weighted by Crippen LogP contribution is -2.41. The number of rotatable bonds is 4. The molecule has 1 amide bonds. The van der Waals surface area contributed by atoms with Gasteiger partial charge in [-0.25, -0.2) is 8.42 Å². The predicted octanol–water partition coefficient (Wildman–Crippen LogP) is 2.27. The second-order valence-corrected chi connectivity index (χ2v) is 6.50. The standard InChI is InChI=1S/C14H13ClN2O3S/c1-10-2-4-11(5-3-10)14(18)16-17-21(19,20)13-8-6-12(15)7-9-13/h2-9,17H,1H3,(H,16,18). The zero-order valence-corrected chi connectivity index (χ0v) is 12.7. The molecule has 2 aromatic carbocycles. The number of nitrogens with one attached hydrogen (secondary N) is 2. The van der Waals surface area contributed by atoms with E-state index in [1.165, 1.54) is 24.3 Å². The summed E-state index contributed by atoms with van der Waals surface area (Å²) in [6, 6.07) is 12.4. The molecule has 0 saturated heterocycles. The molecular weight excluding hydrogens is 312 g/mol. The molecule has 0 fully saturated rings. The van der Waals surface area contributed by atoms with E-state index >= 15 is 0 Å². The van der Waals surface area contributed by atoms with Crippen LogP contribution in [0.4, 0.5) is 0 Å². The summed E-state index contributed by atoms with van der Waals surface area (Å²) in [7, 11) is -3.83. The van der Waals surface area contributed by atoms with Gasteiger partial charge in [0, 0.05) is 10.6 Å². The monoisotopic (exact) mass is 324 g/mol. The topological polar surface area (TPSA) is 75.3 Å². The molecule has 2 aromatic rings. The van der Waals surface area contributed by atoms with Gasteiger partial charge in [0.25, 0.3) is 15.9 Å². The van der Waals surface area contributed by atoms with Crippen molar-refractivity contribution in [3.8, 4) is 0 Å². The second kappa shape index (κ2) is 6.26. The minimum absolute atomic E-state index is 0.0103. The van der Waals surface area contributed by atoms with Crippen molar-refractivity contribution in [2.45, 2.75) is 11.8 Å². The molecule has 0 atom stereocenters. The SMILES string of the molecule is Cc1ccc(C(=O)NNS(=O)(=O)c2ccc(Cl)cc2)cc1. The zero-order valence-electron chi connectivity index (χ0n) is 11.1. The molecule has 0 aliphatic rings. The molecule has 0 radical (unpaired) electrons. The van der Waals surface area contributed by atoms with Gasteiger partial charge in [-0.3, -0.25) is 10.2 Å². The van der Waals surface area contributed by atoms with Crippen LogP contribution in [0.25, 0.3) is 0 Å². The van der Waals surface area contributed by atoms with Crippen LogP contribution in [0, 0.1) is 6.92 Å². The Labute approximate surface area is 128 Å². The van der Waals surface area contributed by atoms with E-state index in [2.05, 4.69) is 5.43 Å². The van der Waals surface area contributed by atoms with Crippen LogP contribution in [-0.4, -0.2) is 14.3 Å². The minimum Gasteiger partial charge on any atom is -0.273 e. The van der Waals surface area contributed by atoms with E-state index in [0.717, 1.165) is 5.56 Å². The molecule has 0 spiro atoms. The molecule has 0 aliphatic carbocycles. The number of benzene rings is 2. The summed E-state index contributed by atoms with van der Waals surface area (Å²) in [6.45, 7) is 1.89. The van der Waals surface area contributed by atoms with E-state index in [9.17, 15) is 13.2 Å². The van der Waals surface area contributed by atoms with Gasteiger partial charge >= 0.3 is 0 Å². The molecule has 0 bridgehead atoms. The van der Waals surface area contributed by atoms with Gasteiger partial charge in [0.1, 0.15) is 0 Å². The summed E-state index contributed by atoms with van der Waals surface area (Å²) in [5, 5.41) is 0.428. The van der Waals surface area contributed by atoms with Crippen molar-refractivity contribution in [3.63, 3.8) is 0 Å². The zero-order chi connectivity index (χ0) is 15.5. The number of halogens is 1. The van der Waals surface area contributed by atoms with Crippen LogP contribution in [0.15, 0.2) is 53.4 Å². The Hall–Kier alpha value is -1.89. The third-order valence-corrected chi connectivity index (χ3v) is 4.25. The number of aryl methyl sites for hydroxylation is 1. The van der Waals surface area contributed by atoms with Gasteiger partial charge in [-0.2, -0.15) is 0 Å². The first-order chi connectivity index (χ1) is 9.88. The normalized spacial score (nSPS) is 11.1. The number of sulfonamides is 1. The Kier molecular flexibility index (Phi) is 4.62. The molecule has 2 N–H and O–H groups in total. The third-order valence-electron chi connectivity index (χ3n) is 2.74. The summed E-state index contributed by atoms with van der Waals surface area (Å²) in [6.07, 6.45) is 0. The maximum atomic E-state index is 12.0. The number of amides is 1. The molecule has 110 valence electrons. The first kappa shape index (κ1) is 15.5. The fourth-order valence-corrected chi connectivity index (χ4v) is 2.53. The molecule has 5 nitrogen and oxygen atoms in total. The Morgan fingerprint density at radius 3 is 2.14 bits per heavy atom. The van der Waals surface area contributed by atoms with Crippen LogP contribution in [0.2, 0.25) is 5.02 Å². The van der Waals surface area contributed by atoms with Crippen LogP contribution >= 0.6 is 11.6 Å². The molecular formula is C14H13ClN2O3S. The highest BCUT2D eigenvalue weighted by molar-refractivity contribution is 7.89. The minimum atomic E-state index is -3.83. The predicted molar refractivity (Wildman–Crippen MR) is 80.4 cm³/mol. The fraction of sp³-hybridized carbons (Fsp3) is 0.0714. The third kappa shape index (κ3) is 4.04. The highest BCUT2D eigenvalue weighted by atomic mass is 35.5. The summed E-state index contributed by atoms with van der Waals surface area (Å²) in [5.41, 5.74) is 3.53. The highest BCUT2D eigenvalue weighted by Crippen LogP contribution is 2.13. The van der Waals surface area contributed by atoms with Crippen LogP contribution < -0.4 is 10.3 Å². The lowest BCUT2D eigenvalue weighted by atomic mass is 10.1. The van der Waals surface area contributed by atoms with E-state index in [-0.39, 0.29) is 4.90 Å². The van der Waals surface area contributed by atoms with Gasteiger partial charge in [0.15, 0.2) is 0 Å². The molecule has 21 heavy (non-hydrogen) atoms. The quantitative estimate of drug-likeness (QED) is 0.847. The van der Waals surface area contributed by atoms with Crippen molar-refractivity contribution in [3.05, 3.63) is 64.7 Å². The van der Waals surface area contributed by atoms with Crippen molar-refractivity contribution < 1.29 is 13.2 Å². The van der Waals surface area contributed by atoms with Crippen molar-refractivity contribution in [1.82, 2.24) is 10.3 Å². The molecule has 0 aliphatic heterocycles. The van der Waals surface area contributed by atoms with Gasteiger partial charge in [0.2, 0.25) is 0 Å². The van der Waals surface area contributed by atoms with E-state index < -0.39 is 15.9 Å². The Morgan fingerprint density at radius 2 is 1.57 bits per heavy atom. The first-order valence-corrected chi connectivity index (χ1v) is 7.89. The summed E-state index contributed by atoms with van der Waals surface area (Å²) < 4.78 is 23.9. The van der Waals surface area contributed by atoms with E-state index in [1.54, 1.807) is 24.3 Å². The van der Waals surface area contributed by atoms with Crippen LogP contribution in [0.5, 0.6) is 0 Å². The van der Waals surface area contributed by atoms with Crippen LogP contribution in [0.1, 0.15) is 15.9 Å². The molecule has 7 heteroatoms. The van der Waals surface area contributed by atoms with Crippen molar-refractivity contribution >= 4 is 27.5 Å². The van der Waals surface area contributed by atoms with Crippen molar-refractivity contribution in [1.29, 1.82) is 0 Å². The largest absolute Gasteiger partial charge is 0.273 e. The Morgan fingerprint density at radius 1 is 1.00 bits per heavy atom. The number of hydrogen-bond donors (Lipinski definition) is 2. The summed E-state index contributed by atoms with van der Waals surface area (Å²) >= 11 is 5.70. The lowest BCUT2D eigenvalue weighted by molar-refractivity contribution is 0.0945. The van der Waals surface area contributed by atoms with Crippen LogP contribution in [0.3, 0.4) is 0 Å². The first-order valence-electron chi connectivity index (χ1n) is 6.03. The Bertz CT molecular complexity index is 741. The molecule has 0 saturated carbocycles. The number of carbonyl (C=O) groups is 1. The highest BCUT2D eigenvalue weighted by Gasteiger charge is 2.15. The lowest BCUT2D eigenvalue weighted by Gasteiger charge is -2.08. The number of hydrazine groups is 1. The average Bonchev–Trinajstić information content (AvgIpc) is 2.46. The Balaban J connectivity index is 2.06. The summed E-state index contributed by atoms with van der Waals surface area (Å²) in [4.78, 5) is 13.9. The number of hydrogen-bond acceptors (Lipinski definition) is 3. The van der Waals surface area contributed by atoms with E-state index in [4.69, 9.17) is 11.6 Å². The molecule has 0 heterocycles. The number of carbonyl (C=O) groups excluding carboxylic acids is 1. The van der Waals surface area contributed by atoms with Gasteiger partial charge in [-0.15, -0.1) is 4.83 Å². The maximum absolute atomic E-state index is 12.0. The van der Waals surface area contributed by atoms with E-state index in [0.29, 0.717) is 10.6 Å². The van der Waals surface area contributed by atoms with Gasteiger partial charge in [-0.05, 0) is 43.3 Å². The molecule has 2 rings (SSSR count). The average molecular weight is 325 g/mol. The van der Waals surface area contributed by atoms with Gasteiger partial charge in [0.05, 0.1) is 4.90 Å². The van der Waals surface area contributed by atoms with Crippen molar-refractivity contribution in [2.24, 2.45) is 0 Å². The second-order valence-electron chi connectivity index (χ2n) is 4.38. The smallest absolute Gasteiger partial charge is 0.266 e. The maximum Gasteiger partial charge on any atom is 0.266 e. The molecule has 0 unspecified atom stereocenters. The van der Waals surface area contributed by atoms with E-state index in [1.807, 2.05) is 11.8 Å². The summed E-state index contributed by atoms with van der Waals surface area (Å²) in [5.74, 6) is -0.535.